The van der Waals surface area contributed by atoms with Crippen LogP contribution in [0, 0.1) is 5.92 Å². The van der Waals surface area contributed by atoms with Gasteiger partial charge in [-0.05, 0) is 43.4 Å². The van der Waals surface area contributed by atoms with Crippen molar-refractivity contribution in [3.05, 3.63) is 75.5 Å². The normalized spacial score (nSPS) is 23.1. The average molecular weight is 513 g/mol. The van der Waals surface area contributed by atoms with Gasteiger partial charge in [0.15, 0.2) is 0 Å². The molecule has 6 nitrogen and oxygen atoms in total. The summed E-state index contributed by atoms with van der Waals surface area (Å²) in [7, 11) is 0. The van der Waals surface area contributed by atoms with Gasteiger partial charge >= 0.3 is 6.09 Å². The Hall–Kier alpha value is -2.54. The first-order valence-electron chi connectivity index (χ1n) is 12.1. The van der Waals surface area contributed by atoms with Crippen molar-refractivity contribution in [2.24, 2.45) is 5.92 Å². The molecular formula is C27H26Cl2N2O4. The monoisotopic (exact) mass is 512 g/mol. The van der Waals surface area contributed by atoms with E-state index < -0.39 is 0 Å². The number of rotatable bonds is 7. The number of hydrogen-bond acceptors (Lipinski definition) is 5. The highest BCUT2D eigenvalue weighted by atomic mass is 35.5. The Labute approximate surface area is 214 Å². The van der Waals surface area contributed by atoms with Gasteiger partial charge in [0.05, 0.1) is 22.8 Å². The van der Waals surface area contributed by atoms with Gasteiger partial charge in [0.2, 0.25) is 0 Å². The first-order valence-corrected chi connectivity index (χ1v) is 12.9. The van der Waals surface area contributed by atoms with Crippen LogP contribution in [0.4, 0.5) is 4.79 Å². The van der Waals surface area contributed by atoms with Gasteiger partial charge in [-0.2, -0.15) is 0 Å². The summed E-state index contributed by atoms with van der Waals surface area (Å²) in [5.74, 6) is 1.55. The summed E-state index contributed by atoms with van der Waals surface area (Å²) >= 11 is 12.9. The van der Waals surface area contributed by atoms with Crippen LogP contribution in [0.15, 0.2) is 53.1 Å². The molecule has 3 aromatic rings. The van der Waals surface area contributed by atoms with Crippen LogP contribution in [0.1, 0.15) is 48.5 Å². The molecule has 2 heterocycles. The fourth-order valence-electron chi connectivity index (χ4n) is 5.37. The molecule has 1 aromatic heterocycles. The highest BCUT2D eigenvalue weighted by Gasteiger charge is 2.48. The Bertz CT molecular complexity index is 1210. The van der Waals surface area contributed by atoms with Crippen LogP contribution in [-0.2, 0) is 22.7 Å². The molecule has 0 N–H and O–H groups in total. The van der Waals surface area contributed by atoms with Crippen molar-refractivity contribution in [2.75, 3.05) is 6.54 Å². The first-order chi connectivity index (χ1) is 17.1. The van der Waals surface area contributed by atoms with E-state index >= 15 is 0 Å². The molecule has 0 radical (unpaired) electrons. The highest BCUT2D eigenvalue weighted by Crippen LogP contribution is 2.47. The summed E-state index contributed by atoms with van der Waals surface area (Å²) in [5, 5.41) is 5.43. The summed E-state index contributed by atoms with van der Waals surface area (Å²) in [6.45, 7) is 1.34. The predicted molar refractivity (Wildman–Crippen MR) is 132 cm³/mol. The molecule has 3 fully saturated rings. The lowest BCUT2D eigenvalue weighted by atomic mass is 10.0. The molecule has 6 rings (SSSR count). The molecule has 1 saturated heterocycles. The SMILES string of the molecule is O=C(OCc1ccccc1)N1C[C@@H]2C[C@H]1C[C@H]2OCc1c(-c2c(Cl)cccc2Cl)noc1C1CC1. The molecule has 8 heteroatoms. The van der Waals surface area contributed by atoms with Crippen molar-refractivity contribution < 1.29 is 18.8 Å². The third kappa shape index (κ3) is 4.55. The van der Waals surface area contributed by atoms with Gasteiger partial charge in [-0.25, -0.2) is 4.79 Å². The van der Waals surface area contributed by atoms with E-state index in [0.29, 0.717) is 46.3 Å². The number of ether oxygens (including phenoxy) is 2. The van der Waals surface area contributed by atoms with Crippen molar-refractivity contribution in [3.8, 4) is 11.3 Å². The number of halogens is 2. The van der Waals surface area contributed by atoms with Gasteiger partial charge in [0, 0.05) is 35.5 Å². The van der Waals surface area contributed by atoms with Crippen LogP contribution in [0.25, 0.3) is 11.3 Å². The minimum atomic E-state index is -0.245. The molecule has 35 heavy (non-hydrogen) atoms. The predicted octanol–water partition coefficient (Wildman–Crippen LogP) is 6.84. The summed E-state index contributed by atoms with van der Waals surface area (Å²) < 4.78 is 17.7. The van der Waals surface area contributed by atoms with Crippen molar-refractivity contribution in [3.63, 3.8) is 0 Å². The zero-order chi connectivity index (χ0) is 23.9. The lowest BCUT2D eigenvalue weighted by Gasteiger charge is -2.31. The first kappa shape index (κ1) is 22.9. The maximum absolute atomic E-state index is 12.7. The lowest BCUT2D eigenvalue weighted by Crippen LogP contribution is -2.42. The van der Waals surface area contributed by atoms with Gasteiger partial charge in [-0.15, -0.1) is 0 Å². The largest absolute Gasteiger partial charge is 0.445 e. The average Bonchev–Trinajstić information content (AvgIpc) is 3.31. The summed E-state index contributed by atoms with van der Waals surface area (Å²) in [6, 6.07) is 15.3. The second kappa shape index (κ2) is 9.49. The molecule has 2 saturated carbocycles. The van der Waals surface area contributed by atoms with Gasteiger partial charge in [-0.3, -0.25) is 0 Å². The summed E-state index contributed by atoms with van der Waals surface area (Å²) in [6.07, 6.45) is 3.75. The van der Waals surface area contributed by atoms with Gasteiger partial charge in [-0.1, -0.05) is 64.8 Å². The lowest BCUT2D eigenvalue weighted by molar-refractivity contribution is -0.0114. The van der Waals surface area contributed by atoms with Gasteiger partial charge in [0.1, 0.15) is 18.1 Å². The molecule has 2 bridgehead atoms. The number of fused-ring (bicyclic) bond motifs is 2. The summed E-state index contributed by atoms with van der Waals surface area (Å²) in [4.78, 5) is 14.5. The zero-order valence-corrected chi connectivity index (χ0v) is 20.7. The van der Waals surface area contributed by atoms with Crippen molar-refractivity contribution in [1.29, 1.82) is 0 Å². The molecule has 0 unspecified atom stereocenters. The number of nitrogens with zero attached hydrogens (tertiary/aromatic N) is 2. The number of piperidine rings is 1. The van der Waals surface area contributed by atoms with Crippen LogP contribution in [0.3, 0.4) is 0 Å². The Morgan fingerprint density at radius 2 is 1.80 bits per heavy atom. The minimum absolute atomic E-state index is 0.0784. The molecule has 2 aliphatic carbocycles. The maximum Gasteiger partial charge on any atom is 0.410 e. The van der Waals surface area contributed by atoms with E-state index in [1.807, 2.05) is 41.3 Å². The van der Waals surface area contributed by atoms with E-state index in [0.717, 1.165) is 42.6 Å². The Balaban J connectivity index is 1.11. The number of carbonyl (C=O) groups excluding carboxylic acids is 1. The van der Waals surface area contributed by atoms with E-state index in [4.69, 9.17) is 37.2 Å². The Morgan fingerprint density at radius 1 is 1.03 bits per heavy atom. The molecular weight excluding hydrogens is 487 g/mol. The van der Waals surface area contributed by atoms with E-state index in [1.165, 1.54) is 0 Å². The number of likely N-dealkylation sites (tertiary alicyclic amines) is 1. The second-order valence-corrected chi connectivity index (χ2v) is 10.5. The van der Waals surface area contributed by atoms with Crippen molar-refractivity contribution >= 4 is 29.3 Å². The van der Waals surface area contributed by atoms with Crippen LogP contribution >= 0.6 is 23.2 Å². The molecule has 1 amide bonds. The Kier molecular flexibility index (Phi) is 6.21. The van der Waals surface area contributed by atoms with Crippen molar-refractivity contribution in [1.82, 2.24) is 10.1 Å². The van der Waals surface area contributed by atoms with Gasteiger partial charge in [0.25, 0.3) is 0 Å². The fraction of sp³-hybridized carbons (Fsp3) is 0.407. The van der Waals surface area contributed by atoms with Gasteiger partial charge < -0.3 is 18.9 Å². The van der Waals surface area contributed by atoms with Crippen LogP contribution < -0.4 is 0 Å². The second-order valence-electron chi connectivity index (χ2n) is 9.67. The molecule has 1 aliphatic heterocycles. The van der Waals surface area contributed by atoms with Crippen molar-refractivity contribution in [2.45, 2.75) is 57.0 Å². The summed E-state index contributed by atoms with van der Waals surface area (Å²) in [5.41, 5.74) is 3.27. The van der Waals surface area contributed by atoms with Crippen LogP contribution in [0.5, 0.6) is 0 Å². The standard InChI is InChI=1S/C27H26Cl2N2O4/c28-21-7-4-8-22(29)24(21)25-20(26(35-30-25)17-9-10-17)15-33-23-12-19-11-18(23)13-31(19)27(32)34-14-16-5-2-1-3-6-16/h1-8,17-19,23H,9-15H2/t18-,19-,23+/m0/s1. The number of aromatic nitrogens is 1. The molecule has 182 valence electrons. The minimum Gasteiger partial charge on any atom is -0.445 e. The topological polar surface area (TPSA) is 64.8 Å². The van der Waals surface area contributed by atoms with E-state index in [-0.39, 0.29) is 24.8 Å². The Morgan fingerprint density at radius 3 is 2.49 bits per heavy atom. The van der Waals surface area contributed by atoms with E-state index in [2.05, 4.69) is 5.16 Å². The maximum atomic E-state index is 12.7. The molecule has 3 aliphatic rings. The van der Waals surface area contributed by atoms with Crippen LogP contribution in [0.2, 0.25) is 10.0 Å². The van der Waals surface area contributed by atoms with E-state index in [1.54, 1.807) is 12.1 Å². The number of amides is 1. The zero-order valence-electron chi connectivity index (χ0n) is 19.2. The number of benzene rings is 2. The number of carbonyl (C=O) groups is 1. The fourth-order valence-corrected chi connectivity index (χ4v) is 5.95. The third-order valence-corrected chi connectivity index (χ3v) is 7.95. The molecule has 2 aromatic carbocycles. The number of hydrogen-bond donors (Lipinski definition) is 0. The smallest absolute Gasteiger partial charge is 0.410 e. The third-order valence-electron chi connectivity index (χ3n) is 7.32. The molecule has 0 spiro atoms. The van der Waals surface area contributed by atoms with E-state index in [9.17, 15) is 4.79 Å². The van der Waals surface area contributed by atoms with Crippen LogP contribution in [-0.4, -0.2) is 34.8 Å². The molecule has 3 atom stereocenters. The quantitative estimate of drug-likeness (QED) is 0.346. The highest BCUT2D eigenvalue weighted by molar-refractivity contribution is 6.39.